The molecule has 0 bridgehead atoms. The van der Waals surface area contributed by atoms with Gasteiger partial charge in [-0.1, -0.05) is 19.9 Å². The Bertz CT molecular complexity index is 745. The molecule has 1 aliphatic rings. The molecule has 1 N–H and O–H groups in total. The largest absolute Gasteiger partial charge is 0.356 e. The minimum Gasteiger partial charge on any atom is -0.356 e. The molecule has 1 aliphatic heterocycles. The molecule has 0 saturated heterocycles. The van der Waals surface area contributed by atoms with E-state index in [4.69, 9.17) is 0 Å². The predicted octanol–water partition coefficient (Wildman–Crippen LogP) is 1.43. The number of carbonyl (C=O) groups is 3. The van der Waals surface area contributed by atoms with E-state index < -0.39 is 22.4 Å². The predicted molar refractivity (Wildman–Crippen MR) is 98.5 cm³/mol. The summed E-state index contributed by atoms with van der Waals surface area (Å²) in [4.78, 5) is 50.3. The van der Waals surface area contributed by atoms with Crippen LogP contribution in [0.2, 0.25) is 0 Å². The molecule has 1 heterocycles. The van der Waals surface area contributed by atoms with Crippen LogP contribution in [0.1, 0.15) is 47.4 Å². The van der Waals surface area contributed by atoms with Crippen LogP contribution in [-0.4, -0.2) is 65.2 Å². The summed E-state index contributed by atoms with van der Waals surface area (Å²) in [6.07, 6.45) is 0.775. The van der Waals surface area contributed by atoms with Gasteiger partial charge in [0, 0.05) is 25.6 Å². The van der Waals surface area contributed by atoms with Gasteiger partial charge in [-0.25, -0.2) is 0 Å². The standard InChI is InChI=1S/C18H24N4O5/c1-3-20(4-2)11-6-10-19-15(23)9-12-21-17(24)13-7-5-8-14(22(26)27)16(13)18(21)25/h5,7-8H,3-4,6,9-12H2,1-2H3,(H,19,23). The van der Waals surface area contributed by atoms with Crippen LogP contribution in [0.25, 0.3) is 0 Å². The van der Waals surface area contributed by atoms with Gasteiger partial charge in [-0.05, 0) is 32.1 Å². The Morgan fingerprint density at radius 2 is 1.93 bits per heavy atom. The number of imide groups is 1. The summed E-state index contributed by atoms with van der Waals surface area (Å²) in [5.74, 6) is -1.59. The number of carbonyl (C=O) groups excluding carboxylic acids is 3. The molecule has 0 radical (unpaired) electrons. The number of hydrogen-bond acceptors (Lipinski definition) is 6. The maximum absolute atomic E-state index is 12.4. The quantitative estimate of drug-likeness (QED) is 0.286. The van der Waals surface area contributed by atoms with Crippen LogP contribution in [0.15, 0.2) is 18.2 Å². The molecule has 0 aromatic heterocycles. The first-order valence-electron chi connectivity index (χ1n) is 9.03. The Hall–Kier alpha value is -2.81. The summed E-state index contributed by atoms with van der Waals surface area (Å²) in [6, 6.07) is 3.94. The Balaban J connectivity index is 1.87. The fourth-order valence-electron chi connectivity index (χ4n) is 3.04. The maximum Gasteiger partial charge on any atom is 0.282 e. The third-order valence-electron chi connectivity index (χ3n) is 4.60. The lowest BCUT2D eigenvalue weighted by molar-refractivity contribution is -0.385. The lowest BCUT2D eigenvalue weighted by atomic mass is 10.1. The molecule has 9 nitrogen and oxygen atoms in total. The molecule has 0 atom stereocenters. The first-order chi connectivity index (χ1) is 12.9. The number of hydrogen-bond donors (Lipinski definition) is 1. The van der Waals surface area contributed by atoms with Crippen molar-refractivity contribution in [1.29, 1.82) is 0 Å². The van der Waals surface area contributed by atoms with Gasteiger partial charge in [0.25, 0.3) is 17.5 Å². The molecule has 0 saturated carbocycles. The number of nitrogens with zero attached hydrogens (tertiary/aromatic N) is 3. The van der Waals surface area contributed by atoms with E-state index in [9.17, 15) is 24.5 Å². The number of amides is 3. The van der Waals surface area contributed by atoms with Crippen molar-refractivity contribution in [3.63, 3.8) is 0 Å². The van der Waals surface area contributed by atoms with Gasteiger partial charge in [0.2, 0.25) is 5.91 Å². The molecule has 0 unspecified atom stereocenters. The van der Waals surface area contributed by atoms with Crippen molar-refractivity contribution < 1.29 is 19.3 Å². The summed E-state index contributed by atoms with van der Waals surface area (Å²) >= 11 is 0. The number of nitro benzene ring substituents is 1. The van der Waals surface area contributed by atoms with Gasteiger partial charge in [-0.2, -0.15) is 0 Å². The summed E-state index contributed by atoms with van der Waals surface area (Å²) in [7, 11) is 0. The first kappa shape index (κ1) is 20.5. The molecule has 0 spiro atoms. The Labute approximate surface area is 157 Å². The van der Waals surface area contributed by atoms with Crippen molar-refractivity contribution >= 4 is 23.4 Å². The minimum atomic E-state index is -0.725. The summed E-state index contributed by atoms with van der Waals surface area (Å²) in [5, 5.41) is 13.8. The van der Waals surface area contributed by atoms with Crippen molar-refractivity contribution in [2.45, 2.75) is 26.7 Å². The molecule has 146 valence electrons. The monoisotopic (exact) mass is 376 g/mol. The second-order valence-electron chi connectivity index (χ2n) is 6.20. The molecule has 1 aromatic rings. The summed E-state index contributed by atoms with van der Waals surface area (Å²) in [5.41, 5.74) is -0.588. The van der Waals surface area contributed by atoms with Crippen LogP contribution in [0.5, 0.6) is 0 Å². The third kappa shape index (κ3) is 4.68. The molecular formula is C18H24N4O5. The lowest BCUT2D eigenvalue weighted by Crippen LogP contribution is -2.35. The van der Waals surface area contributed by atoms with E-state index in [1.807, 2.05) is 0 Å². The zero-order chi connectivity index (χ0) is 20.0. The molecule has 0 aliphatic carbocycles. The van der Waals surface area contributed by atoms with E-state index in [0.29, 0.717) is 6.54 Å². The van der Waals surface area contributed by atoms with Gasteiger partial charge in [-0.15, -0.1) is 0 Å². The van der Waals surface area contributed by atoms with Crippen LogP contribution in [0, 0.1) is 10.1 Å². The van der Waals surface area contributed by atoms with Crippen molar-refractivity contribution in [2.75, 3.05) is 32.7 Å². The number of benzene rings is 1. The zero-order valence-corrected chi connectivity index (χ0v) is 15.6. The van der Waals surface area contributed by atoms with Crippen LogP contribution in [-0.2, 0) is 4.79 Å². The van der Waals surface area contributed by atoms with Crippen LogP contribution < -0.4 is 5.32 Å². The van der Waals surface area contributed by atoms with Crippen LogP contribution in [0.4, 0.5) is 5.69 Å². The highest BCUT2D eigenvalue weighted by Crippen LogP contribution is 2.30. The molecule has 3 amide bonds. The number of nitro groups is 1. The SMILES string of the molecule is CCN(CC)CCCNC(=O)CCN1C(=O)c2cccc([N+](=O)[O-])c2C1=O. The molecule has 9 heteroatoms. The highest BCUT2D eigenvalue weighted by molar-refractivity contribution is 6.23. The first-order valence-corrected chi connectivity index (χ1v) is 9.03. The van der Waals surface area contributed by atoms with Gasteiger partial charge < -0.3 is 10.2 Å². The number of rotatable bonds is 10. The molecule has 27 heavy (non-hydrogen) atoms. The van der Waals surface area contributed by atoms with E-state index in [2.05, 4.69) is 24.1 Å². The van der Waals surface area contributed by atoms with Gasteiger partial charge in [-0.3, -0.25) is 29.4 Å². The topological polar surface area (TPSA) is 113 Å². The average molecular weight is 376 g/mol. The highest BCUT2D eigenvalue weighted by Gasteiger charge is 2.40. The van der Waals surface area contributed by atoms with E-state index in [0.717, 1.165) is 31.0 Å². The van der Waals surface area contributed by atoms with Crippen molar-refractivity contribution in [2.24, 2.45) is 0 Å². The second kappa shape index (κ2) is 9.22. The van der Waals surface area contributed by atoms with E-state index in [1.165, 1.54) is 18.2 Å². The summed E-state index contributed by atoms with van der Waals surface area (Å²) < 4.78 is 0. The van der Waals surface area contributed by atoms with Gasteiger partial charge in [0.1, 0.15) is 5.56 Å². The van der Waals surface area contributed by atoms with Crippen molar-refractivity contribution in [3.8, 4) is 0 Å². The second-order valence-corrected chi connectivity index (χ2v) is 6.20. The fourth-order valence-corrected chi connectivity index (χ4v) is 3.04. The molecule has 2 rings (SSSR count). The van der Waals surface area contributed by atoms with Gasteiger partial charge >= 0.3 is 0 Å². The van der Waals surface area contributed by atoms with Crippen LogP contribution in [0.3, 0.4) is 0 Å². The molecule has 1 aromatic carbocycles. The summed E-state index contributed by atoms with van der Waals surface area (Å²) in [6.45, 7) is 7.36. The Morgan fingerprint density at radius 3 is 2.56 bits per heavy atom. The zero-order valence-electron chi connectivity index (χ0n) is 15.6. The number of nitrogens with one attached hydrogen (secondary N) is 1. The smallest absolute Gasteiger partial charge is 0.282 e. The Morgan fingerprint density at radius 1 is 1.22 bits per heavy atom. The van der Waals surface area contributed by atoms with E-state index >= 15 is 0 Å². The minimum absolute atomic E-state index is 0.00818. The van der Waals surface area contributed by atoms with E-state index in [1.54, 1.807) is 0 Å². The van der Waals surface area contributed by atoms with Crippen molar-refractivity contribution in [1.82, 2.24) is 15.1 Å². The third-order valence-corrected chi connectivity index (χ3v) is 4.60. The number of fused-ring (bicyclic) bond motifs is 1. The maximum atomic E-state index is 12.4. The average Bonchev–Trinajstić information content (AvgIpc) is 2.90. The highest BCUT2D eigenvalue weighted by atomic mass is 16.6. The molecular weight excluding hydrogens is 352 g/mol. The fraction of sp³-hybridized carbons (Fsp3) is 0.500. The van der Waals surface area contributed by atoms with Crippen LogP contribution >= 0.6 is 0 Å². The van der Waals surface area contributed by atoms with Gasteiger partial charge in [0.05, 0.1) is 10.5 Å². The Kier molecular flexibility index (Phi) is 7.00. The normalized spacial score (nSPS) is 13.2. The lowest BCUT2D eigenvalue weighted by Gasteiger charge is -2.18. The van der Waals surface area contributed by atoms with Crippen molar-refractivity contribution in [3.05, 3.63) is 39.4 Å². The van der Waals surface area contributed by atoms with Gasteiger partial charge in [0.15, 0.2) is 0 Å². The molecule has 0 fully saturated rings. The van der Waals surface area contributed by atoms with E-state index in [-0.39, 0.29) is 30.0 Å².